The largest absolute Gasteiger partial charge is 0.358 e. The van der Waals surface area contributed by atoms with Crippen LogP contribution >= 0.6 is 15.9 Å². The Kier molecular flexibility index (Phi) is 5.60. The first-order valence-corrected chi connectivity index (χ1v) is 9.27. The summed E-state index contributed by atoms with van der Waals surface area (Å²) < 4.78 is 27.7. The second-order valence-corrected chi connectivity index (χ2v) is 8.09. The van der Waals surface area contributed by atoms with E-state index in [0.29, 0.717) is 37.6 Å². The number of carbonyl (C=O) groups excluding carboxylic acids is 1. The second-order valence-electron chi connectivity index (χ2n) is 5.26. The molecular formula is C14H20BrN3O3S. The zero-order valence-corrected chi connectivity index (χ0v) is 15.1. The van der Waals surface area contributed by atoms with Crippen LogP contribution in [0.15, 0.2) is 27.6 Å². The van der Waals surface area contributed by atoms with Crippen molar-refractivity contribution < 1.29 is 13.2 Å². The summed E-state index contributed by atoms with van der Waals surface area (Å²) in [7, 11) is -1.90. The van der Waals surface area contributed by atoms with Gasteiger partial charge in [-0.2, -0.15) is 4.31 Å². The predicted octanol–water partition coefficient (Wildman–Crippen LogP) is 0.810. The molecule has 122 valence electrons. The normalized spacial score (nSPS) is 17.4. The number of nitrogens with zero attached hydrogens (tertiary/aromatic N) is 2. The van der Waals surface area contributed by atoms with Crippen LogP contribution in [0.3, 0.4) is 0 Å². The number of hydrogen-bond donors (Lipinski definition) is 1. The summed E-state index contributed by atoms with van der Waals surface area (Å²) in [6.07, 6.45) is 0. The molecule has 1 N–H and O–H groups in total. The average Bonchev–Trinajstić information content (AvgIpc) is 2.50. The van der Waals surface area contributed by atoms with Gasteiger partial charge >= 0.3 is 0 Å². The number of aryl methyl sites for hydroxylation is 1. The van der Waals surface area contributed by atoms with E-state index in [4.69, 9.17) is 0 Å². The molecule has 1 heterocycles. The number of sulfonamides is 1. The Morgan fingerprint density at radius 1 is 1.27 bits per heavy atom. The number of halogens is 1. The van der Waals surface area contributed by atoms with Gasteiger partial charge in [0, 0.05) is 37.7 Å². The lowest BCUT2D eigenvalue weighted by Crippen LogP contribution is -2.50. The van der Waals surface area contributed by atoms with Crippen LogP contribution in [0, 0.1) is 6.92 Å². The molecular weight excluding hydrogens is 370 g/mol. The highest BCUT2D eigenvalue weighted by atomic mass is 79.9. The molecule has 6 nitrogen and oxygen atoms in total. The van der Waals surface area contributed by atoms with Crippen molar-refractivity contribution in [1.29, 1.82) is 0 Å². The molecule has 1 saturated heterocycles. The maximum atomic E-state index is 12.8. The van der Waals surface area contributed by atoms with Crippen molar-refractivity contribution in [2.45, 2.75) is 11.8 Å². The Morgan fingerprint density at radius 3 is 2.50 bits per heavy atom. The minimum atomic E-state index is -3.50. The van der Waals surface area contributed by atoms with E-state index < -0.39 is 10.0 Å². The lowest BCUT2D eigenvalue weighted by molar-refractivity contribution is -0.122. The van der Waals surface area contributed by atoms with E-state index in [-0.39, 0.29) is 5.91 Å². The molecule has 1 aromatic rings. The molecule has 0 aliphatic carbocycles. The van der Waals surface area contributed by atoms with E-state index >= 15 is 0 Å². The number of hydrogen-bond acceptors (Lipinski definition) is 4. The average molecular weight is 390 g/mol. The maximum Gasteiger partial charge on any atom is 0.243 e. The van der Waals surface area contributed by atoms with Gasteiger partial charge in [0.25, 0.3) is 0 Å². The highest BCUT2D eigenvalue weighted by molar-refractivity contribution is 9.10. The van der Waals surface area contributed by atoms with E-state index in [2.05, 4.69) is 21.2 Å². The Balaban J connectivity index is 2.10. The summed E-state index contributed by atoms with van der Waals surface area (Å²) in [6, 6.07) is 5.26. The van der Waals surface area contributed by atoms with Gasteiger partial charge in [0.2, 0.25) is 15.9 Å². The van der Waals surface area contributed by atoms with Crippen LogP contribution in [-0.2, 0) is 14.8 Å². The smallest absolute Gasteiger partial charge is 0.243 e. The maximum absolute atomic E-state index is 12.8. The Hall–Kier alpha value is -0.960. The minimum Gasteiger partial charge on any atom is -0.358 e. The number of piperazine rings is 1. The molecule has 1 amide bonds. The molecule has 0 atom stereocenters. The Bertz CT molecular complexity index is 655. The van der Waals surface area contributed by atoms with Crippen LogP contribution in [0.2, 0.25) is 0 Å². The van der Waals surface area contributed by atoms with Crippen molar-refractivity contribution in [1.82, 2.24) is 14.5 Å². The monoisotopic (exact) mass is 389 g/mol. The van der Waals surface area contributed by atoms with Gasteiger partial charge in [-0.15, -0.1) is 0 Å². The fourth-order valence-electron chi connectivity index (χ4n) is 2.40. The Morgan fingerprint density at radius 2 is 1.91 bits per heavy atom. The summed E-state index contributed by atoms with van der Waals surface area (Å²) in [5, 5.41) is 2.58. The molecule has 22 heavy (non-hydrogen) atoms. The highest BCUT2D eigenvalue weighted by Gasteiger charge is 2.30. The van der Waals surface area contributed by atoms with Gasteiger partial charge in [0.15, 0.2) is 0 Å². The fourth-order valence-corrected chi connectivity index (χ4v) is 4.59. The highest BCUT2D eigenvalue weighted by Crippen LogP contribution is 2.24. The van der Waals surface area contributed by atoms with Gasteiger partial charge in [-0.25, -0.2) is 8.42 Å². The SMILES string of the molecule is CNC(=O)CN1CCN(S(=O)(=O)c2cc(Br)ccc2C)CC1. The van der Waals surface area contributed by atoms with Crippen LogP contribution in [-0.4, -0.2) is 63.3 Å². The van der Waals surface area contributed by atoms with Crippen molar-refractivity contribution in [3.63, 3.8) is 0 Å². The lowest BCUT2D eigenvalue weighted by atomic mass is 10.2. The summed E-state index contributed by atoms with van der Waals surface area (Å²) in [5.74, 6) is -0.0564. The minimum absolute atomic E-state index is 0.0564. The van der Waals surface area contributed by atoms with Crippen molar-refractivity contribution in [2.75, 3.05) is 39.8 Å². The standard InChI is InChI=1S/C14H20BrN3O3S/c1-11-3-4-12(15)9-13(11)22(20,21)18-7-5-17(6-8-18)10-14(19)16-2/h3-4,9H,5-8,10H2,1-2H3,(H,16,19). The van der Waals surface area contributed by atoms with Gasteiger partial charge < -0.3 is 5.32 Å². The molecule has 2 rings (SSSR count). The molecule has 1 aliphatic heterocycles. The van der Waals surface area contributed by atoms with Crippen LogP contribution < -0.4 is 5.32 Å². The third-order valence-corrected chi connectivity index (χ3v) is 6.28. The van der Waals surface area contributed by atoms with E-state index in [1.54, 1.807) is 26.1 Å². The molecule has 1 aromatic carbocycles. The summed E-state index contributed by atoms with van der Waals surface area (Å²) in [5.41, 5.74) is 0.732. The van der Waals surface area contributed by atoms with Gasteiger partial charge in [-0.1, -0.05) is 22.0 Å². The lowest BCUT2D eigenvalue weighted by Gasteiger charge is -2.33. The molecule has 1 fully saturated rings. The molecule has 0 spiro atoms. The first kappa shape index (κ1) is 17.4. The molecule has 0 bridgehead atoms. The zero-order chi connectivity index (χ0) is 16.3. The number of rotatable bonds is 4. The fraction of sp³-hybridized carbons (Fsp3) is 0.500. The number of nitrogens with one attached hydrogen (secondary N) is 1. The topological polar surface area (TPSA) is 69.7 Å². The van der Waals surface area contributed by atoms with Crippen LogP contribution in [0.25, 0.3) is 0 Å². The molecule has 0 radical (unpaired) electrons. The second kappa shape index (κ2) is 7.08. The Labute approximate surface area is 139 Å². The predicted molar refractivity (Wildman–Crippen MR) is 88.1 cm³/mol. The van der Waals surface area contributed by atoms with Gasteiger partial charge in [-0.3, -0.25) is 9.69 Å². The first-order chi connectivity index (χ1) is 10.3. The van der Waals surface area contributed by atoms with Crippen LogP contribution in [0.1, 0.15) is 5.56 Å². The molecule has 8 heteroatoms. The van der Waals surface area contributed by atoms with Crippen LogP contribution in [0.4, 0.5) is 0 Å². The quantitative estimate of drug-likeness (QED) is 0.826. The van der Waals surface area contributed by atoms with Gasteiger partial charge in [-0.05, 0) is 24.6 Å². The summed E-state index contributed by atoms with van der Waals surface area (Å²) >= 11 is 3.32. The van der Waals surface area contributed by atoms with E-state index in [9.17, 15) is 13.2 Å². The number of likely N-dealkylation sites (N-methyl/N-ethyl adjacent to an activating group) is 1. The number of benzene rings is 1. The van der Waals surface area contributed by atoms with E-state index in [0.717, 1.165) is 10.0 Å². The summed E-state index contributed by atoms with van der Waals surface area (Å²) in [4.78, 5) is 13.7. The van der Waals surface area contributed by atoms with Gasteiger partial charge in [0.1, 0.15) is 0 Å². The van der Waals surface area contributed by atoms with E-state index in [1.165, 1.54) is 4.31 Å². The first-order valence-electron chi connectivity index (χ1n) is 7.04. The molecule has 0 aromatic heterocycles. The van der Waals surface area contributed by atoms with Gasteiger partial charge in [0.05, 0.1) is 11.4 Å². The van der Waals surface area contributed by atoms with E-state index in [1.807, 2.05) is 11.0 Å². The van der Waals surface area contributed by atoms with Crippen molar-refractivity contribution in [3.8, 4) is 0 Å². The summed E-state index contributed by atoms with van der Waals surface area (Å²) in [6.45, 7) is 4.00. The van der Waals surface area contributed by atoms with Crippen molar-refractivity contribution in [2.24, 2.45) is 0 Å². The molecule has 0 saturated carbocycles. The number of amides is 1. The molecule has 1 aliphatic rings. The van der Waals surface area contributed by atoms with Crippen molar-refractivity contribution in [3.05, 3.63) is 28.2 Å². The van der Waals surface area contributed by atoms with Crippen molar-refractivity contribution >= 4 is 31.9 Å². The molecule has 0 unspecified atom stereocenters. The number of carbonyl (C=O) groups is 1. The zero-order valence-electron chi connectivity index (χ0n) is 12.7. The third kappa shape index (κ3) is 3.87. The third-order valence-electron chi connectivity index (χ3n) is 3.75. The van der Waals surface area contributed by atoms with Crippen LogP contribution in [0.5, 0.6) is 0 Å².